The summed E-state index contributed by atoms with van der Waals surface area (Å²) in [5, 5.41) is 22.8. The second-order valence-corrected chi connectivity index (χ2v) is 8.85. The molecule has 2 aromatic carbocycles. The van der Waals surface area contributed by atoms with Crippen LogP contribution in [0.5, 0.6) is 0 Å². The van der Waals surface area contributed by atoms with Crippen molar-refractivity contribution in [3.05, 3.63) is 89.0 Å². The van der Waals surface area contributed by atoms with E-state index in [1.807, 2.05) is 24.3 Å². The Morgan fingerprint density at radius 3 is 2.67 bits per heavy atom. The molecule has 1 aliphatic rings. The summed E-state index contributed by atoms with van der Waals surface area (Å²) in [6, 6.07) is 20.1. The van der Waals surface area contributed by atoms with Crippen LogP contribution in [0, 0.1) is 40.9 Å². The normalized spacial score (nSPS) is 21.0. The molecule has 6 heteroatoms. The summed E-state index contributed by atoms with van der Waals surface area (Å²) in [5.41, 5.74) is 3.78. The maximum absolute atomic E-state index is 14.1. The number of Topliss-reactive ketones (excluding diaryl/α,β-unsaturated/α-hetero) is 1. The third-order valence-electron chi connectivity index (χ3n) is 6.86. The average Bonchev–Trinajstić information content (AvgIpc) is 3.39. The Morgan fingerprint density at radius 2 is 2.00 bits per heavy atom. The first-order valence-electron chi connectivity index (χ1n) is 11.2. The quantitative estimate of drug-likeness (QED) is 0.584. The smallest absolute Gasteiger partial charge is 0.148 e. The molecule has 0 saturated carbocycles. The Labute approximate surface area is 194 Å². The maximum atomic E-state index is 14.1. The molecule has 3 aromatic rings. The predicted molar refractivity (Wildman–Crippen MR) is 125 cm³/mol. The number of benzene rings is 2. The molecule has 0 bridgehead atoms. The molecule has 2 heterocycles. The van der Waals surface area contributed by atoms with Gasteiger partial charge < -0.3 is 10.3 Å². The van der Waals surface area contributed by atoms with Gasteiger partial charge in [-0.1, -0.05) is 36.4 Å². The number of nitrogens with one attached hydrogen (secondary N) is 2. The SMILES string of the molecule is Cc1ccccc1CC1(C#N)CCNCC1C(=O)C(Cc1ccc(C#N)cc1)c1cnc[nH]1. The fraction of sp³-hybridized carbons (Fsp3) is 0.333. The highest BCUT2D eigenvalue weighted by Crippen LogP contribution is 2.41. The van der Waals surface area contributed by atoms with Gasteiger partial charge in [-0.15, -0.1) is 0 Å². The second kappa shape index (κ2) is 9.81. The van der Waals surface area contributed by atoms with Crippen molar-refractivity contribution in [2.45, 2.75) is 32.1 Å². The Hall–Kier alpha value is -3.74. The van der Waals surface area contributed by atoms with Gasteiger partial charge in [0.25, 0.3) is 0 Å². The van der Waals surface area contributed by atoms with Gasteiger partial charge in [0.15, 0.2) is 0 Å². The van der Waals surface area contributed by atoms with Crippen LogP contribution in [0.4, 0.5) is 0 Å². The summed E-state index contributed by atoms with van der Waals surface area (Å²) in [4.78, 5) is 21.3. The number of carbonyl (C=O) groups is 1. The van der Waals surface area contributed by atoms with Crippen LogP contribution < -0.4 is 5.32 Å². The van der Waals surface area contributed by atoms with Gasteiger partial charge in [0.05, 0.1) is 35.4 Å². The van der Waals surface area contributed by atoms with E-state index in [1.165, 1.54) is 0 Å². The van der Waals surface area contributed by atoms with E-state index in [9.17, 15) is 10.1 Å². The first kappa shape index (κ1) is 22.5. The topological polar surface area (TPSA) is 105 Å². The first-order chi connectivity index (χ1) is 16.1. The van der Waals surface area contributed by atoms with E-state index in [1.54, 1.807) is 24.7 Å². The van der Waals surface area contributed by atoms with Crippen molar-refractivity contribution >= 4 is 5.78 Å². The molecule has 2 N–H and O–H groups in total. The largest absolute Gasteiger partial charge is 0.348 e. The van der Waals surface area contributed by atoms with Crippen molar-refractivity contribution in [2.24, 2.45) is 11.3 Å². The highest BCUT2D eigenvalue weighted by Gasteiger charge is 2.47. The van der Waals surface area contributed by atoms with Gasteiger partial charge in [-0.2, -0.15) is 10.5 Å². The number of aromatic amines is 1. The van der Waals surface area contributed by atoms with Gasteiger partial charge in [0.1, 0.15) is 5.78 Å². The molecule has 3 atom stereocenters. The molecule has 1 aliphatic heterocycles. The van der Waals surface area contributed by atoms with Crippen molar-refractivity contribution in [1.29, 1.82) is 10.5 Å². The molecule has 3 unspecified atom stereocenters. The molecule has 0 amide bonds. The van der Waals surface area contributed by atoms with E-state index < -0.39 is 17.3 Å². The lowest BCUT2D eigenvalue weighted by Gasteiger charge is -2.40. The lowest BCUT2D eigenvalue weighted by Crippen LogP contribution is -2.50. The minimum absolute atomic E-state index is 0.0472. The molecule has 1 saturated heterocycles. The van der Waals surface area contributed by atoms with E-state index in [0.717, 1.165) is 22.4 Å². The summed E-state index contributed by atoms with van der Waals surface area (Å²) in [7, 11) is 0. The number of aryl methyl sites for hydroxylation is 1. The summed E-state index contributed by atoms with van der Waals surface area (Å²) in [6.07, 6.45) is 4.94. The van der Waals surface area contributed by atoms with Crippen LogP contribution in [0.1, 0.15) is 40.3 Å². The number of rotatable bonds is 7. The monoisotopic (exact) mass is 437 g/mol. The molecule has 166 valence electrons. The number of imidazole rings is 1. The van der Waals surface area contributed by atoms with Gasteiger partial charge in [-0.3, -0.25) is 4.79 Å². The van der Waals surface area contributed by atoms with Gasteiger partial charge in [0, 0.05) is 24.4 Å². The fourth-order valence-electron chi connectivity index (χ4n) is 4.85. The van der Waals surface area contributed by atoms with E-state index in [0.29, 0.717) is 37.9 Å². The van der Waals surface area contributed by atoms with Gasteiger partial charge >= 0.3 is 0 Å². The highest BCUT2D eigenvalue weighted by molar-refractivity contribution is 5.89. The Bertz CT molecular complexity index is 1190. The average molecular weight is 438 g/mol. The molecule has 4 rings (SSSR count). The molecule has 33 heavy (non-hydrogen) atoms. The number of H-pyrrole nitrogens is 1. The molecule has 1 aromatic heterocycles. The van der Waals surface area contributed by atoms with Crippen molar-refractivity contribution in [3.8, 4) is 12.1 Å². The predicted octanol–water partition coefficient (Wildman–Crippen LogP) is 3.85. The molecular weight excluding hydrogens is 410 g/mol. The number of nitrogens with zero attached hydrogens (tertiary/aromatic N) is 3. The van der Waals surface area contributed by atoms with Crippen molar-refractivity contribution in [3.63, 3.8) is 0 Å². The fourth-order valence-corrected chi connectivity index (χ4v) is 4.85. The number of ketones is 1. The number of aromatic nitrogens is 2. The van der Waals surface area contributed by atoms with Crippen LogP contribution in [-0.4, -0.2) is 28.8 Å². The van der Waals surface area contributed by atoms with Crippen LogP contribution in [0.3, 0.4) is 0 Å². The van der Waals surface area contributed by atoms with Crippen LogP contribution >= 0.6 is 0 Å². The Kier molecular flexibility index (Phi) is 6.68. The lowest BCUT2D eigenvalue weighted by atomic mass is 9.64. The Morgan fingerprint density at radius 1 is 1.21 bits per heavy atom. The van der Waals surface area contributed by atoms with Crippen molar-refractivity contribution < 1.29 is 4.79 Å². The molecule has 1 fully saturated rings. The summed E-state index contributed by atoms with van der Waals surface area (Å²) in [5.74, 6) is -0.844. The van der Waals surface area contributed by atoms with E-state index in [4.69, 9.17) is 5.26 Å². The van der Waals surface area contributed by atoms with Gasteiger partial charge in [-0.05, 0) is 61.6 Å². The minimum Gasteiger partial charge on any atom is -0.348 e. The van der Waals surface area contributed by atoms with Gasteiger partial charge in [-0.25, -0.2) is 4.98 Å². The van der Waals surface area contributed by atoms with E-state index in [2.05, 4.69) is 46.5 Å². The summed E-state index contributed by atoms with van der Waals surface area (Å²) >= 11 is 0. The lowest BCUT2D eigenvalue weighted by molar-refractivity contribution is -0.128. The number of piperidine rings is 1. The molecular formula is C27H27N5O. The second-order valence-electron chi connectivity index (χ2n) is 8.85. The van der Waals surface area contributed by atoms with Crippen molar-refractivity contribution in [1.82, 2.24) is 15.3 Å². The van der Waals surface area contributed by atoms with Crippen molar-refractivity contribution in [2.75, 3.05) is 13.1 Å². The minimum atomic E-state index is -0.766. The number of nitriles is 2. The Balaban J connectivity index is 1.67. The summed E-state index contributed by atoms with van der Waals surface area (Å²) in [6.45, 7) is 3.25. The highest BCUT2D eigenvalue weighted by atomic mass is 16.1. The number of hydrogen-bond acceptors (Lipinski definition) is 5. The zero-order chi connectivity index (χ0) is 23.3. The molecule has 0 aliphatic carbocycles. The third kappa shape index (κ3) is 4.72. The van der Waals surface area contributed by atoms with Crippen LogP contribution in [0.2, 0.25) is 0 Å². The molecule has 6 nitrogen and oxygen atoms in total. The van der Waals surface area contributed by atoms with E-state index in [-0.39, 0.29) is 5.78 Å². The standard InChI is InChI=1S/C27H27N5O/c1-19-4-2-3-5-22(19)13-27(17-29)10-11-30-15-24(27)26(33)23(25-16-31-18-32-25)12-20-6-8-21(14-28)9-7-20/h2-9,16,18,23-24,30H,10-13,15H2,1H3,(H,31,32). The zero-order valence-electron chi connectivity index (χ0n) is 18.7. The molecule has 0 spiro atoms. The van der Waals surface area contributed by atoms with Crippen LogP contribution in [-0.2, 0) is 17.6 Å². The van der Waals surface area contributed by atoms with Gasteiger partial charge in [0.2, 0.25) is 0 Å². The number of hydrogen-bond donors (Lipinski definition) is 2. The third-order valence-corrected chi connectivity index (χ3v) is 6.86. The summed E-state index contributed by atoms with van der Waals surface area (Å²) < 4.78 is 0. The maximum Gasteiger partial charge on any atom is 0.148 e. The zero-order valence-corrected chi connectivity index (χ0v) is 18.7. The van der Waals surface area contributed by atoms with Crippen LogP contribution in [0.15, 0.2) is 61.1 Å². The molecule has 0 radical (unpaired) electrons. The van der Waals surface area contributed by atoms with E-state index >= 15 is 0 Å². The first-order valence-corrected chi connectivity index (χ1v) is 11.2. The van der Waals surface area contributed by atoms with Crippen LogP contribution in [0.25, 0.3) is 0 Å². The number of carbonyl (C=O) groups excluding carboxylic acids is 1.